The Hall–Kier alpha value is -4.51. The third-order valence-electron chi connectivity index (χ3n) is 7.71. The minimum atomic E-state index is -0.196. The molecule has 11 heteroatoms. The molecule has 5 heterocycles. The van der Waals surface area contributed by atoms with Crippen LogP contribution < -0.4 is 20.7 Å². The third-order valence-corrected chi connectivity index (χ3v) is 7.71. The first-order valence-electron chi connectivity index (χ1n) is 14.2. The first kappa shape index (κ1) is 26.7. The van der Waals surface area contributed by atoms with Crippen molar-refractivity contribution in [3.05, 3.63) is 71.2 Å². The number of carbonyl (C=O) groups excluding carboxylic acids is 1. The molecule has 1 amide bonds. The zero-order chi connectivity index (χ0) is 28.3. The molecule has 41 heavy (non-hydrogen) atoms. The molecule has 1 saturated heterocycles. The molecular weight excluding hydrogens is 518 g/mol. The van der Waals surface area contributed by atoms with Crippen molar-refractivity contribution >= 4 is 40.1 Å². The predicted molar refractivity (Wildman–Crippen MR) is 161 cm³/mol. The average molecular weight is 554 g/mol. The van der Waals surface area contributed by atoms with Crippen LogP contribution in [0.1, 0.15) is 26.2 Å². The van der Waals surface area contributed by atoms with Crippen molar-refractivity contribution < 1.29 is 4.79 Å². The standard InChI is InChI=1S/C30H35N9O2/c1-22(40)37-15-6-4-3-5-7-16-38-29(41)25-21-31-30(34-28(25)39(38)27-10-8-9-26(37)33-27)32-23-11-13-24(14-12-23)36-19-17-35(2)18-20-36/h5,7-14,21H,3-4,6,15-20H2,1-2H3,(H,31,32,34)/b7-5-. The van der Waals surface area contributed by atoms with E-state index in [4.69, 9.17) is 9.97 Å². The van der Waals surface area contributed by atoms with Gasteiger partial charge in [0.25, 0.3) is 5.56 Å². The zero-order valence-corrected chi connectivity index (χ0v) is 23.5. The van der Waals surface area contributed by atoms with E-state index in [9.17, 15) is 9.59 Å². The van der Waals surface area contributed by atoms with Crippen molar-refractivity contribution in [3.63, 3.8) is 0 Å². The number of fused-ring (bicyclic) bond motifs is 6. The van der Waals surface area contributed by atoms with Crippen molar-refractivity contribution in [1.29, 1.82) is 0 Å². The van der Waals surface area contributed by atoms with Crippen LogP contribution in [0.15, 0.2) is 65.6 Å². The number of allylic oxidation sites excluding steroid dienone is 2. The van der Waals surface area contributed by atoms with Crippen molar-refractivity contribution in [2.75, 3.05) is 54.9 Å². The van der Waals surface area contributed by atoms with E-state index in [2.05, 4.69) is 45.4 Å². The molecule has 2 bridgehead atoms. The summed E-state index contributed by atoms with van der Waals surface area (Å²) in [5.41, 5.74) is 2.30. The van der Waals surface area contributed by atoms with Gasteiger partial charge in [-0.05, 0) is 62.7 Å². The molecule has 0 saturated carbocycles. The maximum Gasteiger partial charge on any atom is 0.278 e. The molecule has 0 unspecified atom stereocenters. The summed E-state index contributed by atoms with van der Waals surface area (Å²) < 4.78 is 3.34. The van der Waals surface area contributed by atoms with Gasteiger partial charge in [0.15, 0.2) is 11.5 Å². The molecule has 1 aromatic carbocycles. The van der Waals surface area contributed by atoms with E-state index in [1.165, 1.54) is 5.69 Å². The minimum absolute atomic E-state index is 0.0673. The number of aromatic nitrogens is 5. The molecule has 1 N–H and O–H groups in total. The van der Waals surface area contributed by atoms with Gasteiger partial charge in [-0.15, -0.1) is 0 Å². The summed E-state index contributed by atoms with van der Waals surface area (Å²) in [4.78, 5) is 46.4. The number of rotatable bonds is 3. The Bertz CT molecular complexity index is 1630. The van der Waals surface area contributed by atoms with Gasteiger partial charge >= 0.3 is 0 Å². The molecule has 2 aliphatic heterocycles. The molecule has 0 spiro atoms. The minimum Gasteiger partial charge on any atom is -0.369 e. The van der Waals surface area contributed by atoms with Gasteiger partial charge in [-0.2, -0.15) is 4.98 Å². The van der Waals surface area contributed by atoms with E-state index in [0.717, 1.165) is 51.1 Å². The smallest absolute Gasteiger partial charge is 0.278 e. The van der Waals surface area contributed by atoms with E-state index >= 15 is 0 Å². The van der Waals surface area contributed by atoms with Gasteiger partial charge in [0.1, 0.15) is 11.2 Å². The maximum absolute atomic E-state index is 13.5. The number of benzene rings is 1. The number of hydrogen-bond acceptors (Lipinski definition) is 8. The molecule has 0 aliphatic carbocycles. The average Bonchev–Trinajstić information content (AvgIpc) is 3.25. The molecule has 6 rings (SSSR count). The van der Waals surface area contributed by atoms with Crippen LogP contribution in [0.25, 0.3) is 16.9 Å². The van der Waals surface area contributed by atoms with Crippen molar-refractivity contribution in [2.45, 2.75) is 32.7 Å². The van der Waals surface area contributed by atoms with Gasteiger partial charge in [0.2, 0.25) is 11.9 Å². The van der Waals surface area contributed by atoms with Crippen LogP contribution in [0.5, 0.6) is 0 Å². The Balaban J connectivity index is 1.37. The first-order chi connectivity index (χ1) is 20.0. The molecule has 0 radical (unpaired) electrons. The Morgan fingerprint density at radius 2 is 1.68 bits per heavy atom. The Morgan fingerprint density at radius 3 is 2.46 bits per heavy atom. The van der Waals surface area contributed by atoms with E-state index < -0.39 is 0 Å². The largest absolute Gasteiger partial charge is 0.369 e. The Labute approximate surface area is 238 Å². The highest BCUT2D eigenvalue weighted by atomic mass is 16.2. The monoisotopic (exact) mass is 553 g/mol. The number of likely N-dealkylation sites (N-methyl/N-ethyl adjacent to an activating group) is 1. The number of nitrogens with one attached hydrogen (secondary N) is 1. The van der Waals surface area contributed by atoms with E-state index in [1.807, 2.05) is 36.4 Å². The lowest BCUT2D eigenvalue weighted by Gasteiger charge is -2.34. The van der Waals surface area contributed by atoms with Crippen LogP contribution in [-0.4, -0.2) is 74.9 Å². The number of anilines is 4. The predicted octanol–water partition coefficient (Wildman–Crippen LogP) is 3.57. The Morgan fingerprint density at radius 1 is 0.902 bits per heavy atom. The summed E-state index contributed by atoms with van der Waals surface area (Å²) in [6.07, 6.45) is 8.32. The highest BCUT2D eigenvalue weighted by molar-refractivity contribution is 5.90. The molecule has 2 aliphatic rings. The van der Waals surface area contributed by atoms with Crippen LogP contribution in [0.2, 0.25) is 0 Å². The van der Waals surface area contributed by atoms with Gasteiger partial charge in [0, 0.05) is 57.2 Å². The van der Waals surface area contributed by atoms with Crippen LogP contribution in [0, 0.1) is 0 Å². The quantitative estimate of drug-likeness (QED) is 0.384. The number of nitrogens with zero attached hydrogens (tertiary/aromatic N) is 8. The number of piperazine rings is 1. The SMILES string of the molecule is CC(=O)N1CCCC/C=C\Cn2c(=O)c3cnc(Nc4ccc(N5CCN(C)CC5)cc4)nc3n2-c2cccc1n2. The molecule has 3 aromatic heterocycles. The summed E-state index contributed by atoms with van der Waals surface area (Å²) >= 11 is 0. The highest BCUT2D eigenvalue weighted by Gasteiger charge is 2.20. The molecule has 212 valence electrons. The summed E-state index contributed by atoms with van der Waals surface area (Å²) in [5, 5.41) is 3.69. The highest BCUT2D eigenvalue weighted by Crippen LogP contribution is 2.23. The summed E-state index contributed by atoms with van der Waals surface area (Å²) in [6.45, 7) is 6.62. The molecule has 4 aromatic rings. The molecule has 0 atom stereocenters. The third kappa shape index (κ3) is 5.58. The van der Waals surface area contributed by atoms with Crippen molar-refractivity contribution in [1.82, 2.24) is 29.2 Å². The molecule has 1 fully saturated rings. The Kier molecular flexibility index (Phi) is 7.51. The lowest BCUT2D eigenvalue weighted by Crippen LogP contribution is -2.44. The second-order valence-electron chi connectivity index (χ2n) is 10.6. The van der Waals surface area contributed by atoms with Crippen LogP contribution in [0.3, 0.4) is 0 Å². The first-order valence-corrected chi connectivity index (χ1v) is 14.2. The number of hydrogen-bond donors (Lipinski definition) is 1. The second-order valence-corrected chi connectivity index (χ2v) is 10.6. The topological polar surface area (TPSA) is 104 Å². The summed E-state index contributed by atoms with van der Waals surface area (Å²) in [5.74, 6) is 1.37. The fourth-order valence-electron chi connectivity index (χ4n) is 5.37. The van der Waals surface area contributed by atoms with E-state index in [1.54, 1.807) is 27.4 Å². The van der Waals surface area contributed by atoms with Crippen molar-refractivity contribution in [2.24, 2.45) is 0 Å². The van der Waals surface area contributed by atoms with Gasteiger partial charge in [-0.1, -0.05) is 18.2 Å². The summed E-state index contributed by atoms with van der Waals surface area (Å²) in [7, 11) is 2.15. The van der Waals surface area contributed by atoms with E-state index in [-0.39, 0.29) is 11.5 Å². The fraction of sp³-hybridized carbons (Fsp3) is 0.367. The van der Waals surface area contributed by atoms with Crippen LogP contribution in [0.4, 0.5) is 23.1 Å². The zero-order valence-electron chi connectivity index (χ0n) is 23.5. The summed E-state index contributed by atoms with van der Waals surface area (Å²) in [6, 6.07) is 13.8. The van der Waals surface area contributed by atoms with Gasteiger partial charge in [-0.3, -0.25) is 14.5 Å². The normalized spacial score (nSPS) is 17.3. The van der Waals surface area contributed by atoms with Gasteiger partial charge in [-0.25, -0.2) is 19.3 Å². The fourth-order valence-corrected chi connectivity index (χ4v) is 5.37. The lowest BCUT2D eigenvalue weighted by atomic mass is 10.2. The van der Waals surface area contributed by atoms with E-state index in [0.29, 0.717) is 41.7 Å². The van der Waals surface area contributed by atoms with Gasteiger partial charge < -0.3 is 15.1 Å². The number of pyridine rings is 1. The number of carbonyl (C=O) groups is 1. The molecule has 11 nitrogen and oxygen atoms in total. The number of amides is 1. The van der Waals surface area contributed by atoms with Crippen LogP contribution in [-0.2, 0) is 11.3 Å². The second kappa shape index (κ2) is 11.5. The van der Waals surface area contributed by atoms with Crippen molar-refractivity contribution in [3.8, 4) is 5.82 Å². The lowest BCUT2D eigenvalue weighted by molar-refractivity contribution is -0.116. The van der Waals surface area contributed by atoms with Crippen LogP contribution >= 0.6 is 0 Å². The van der Waals surface area contributed by atoms with Gasteiger partial charge in [0.05, 0.1) is 6.54 Å². The molecular formula is C30H35N9O2. The maximum atomic E-state index is 13.5.